The molecule has 0 heterocycles. The summed E-state index contributed by atoms with van der Waals surface area (Å²) in [6, 6.07) is 11.0. The molecule has 0 aliphatic rings. The molecule has 1 rings (SSSR count). The van der Waals surface area contributed by atoms with Crippen molar-refractivity contribution in [1.29, 1.82) is 0 Å². The Morgan fingerprint density at radius 3 is 2.40 bits per heavy atom. The van der Waals surface area contributed by atoms with E-state index >= 15 is 0 Å². The van der Waals surface area contributed by atoms with Crippen molar-refractivity contribution < 1.29 is 0 Å². The average molecular weight is 287 g/mol. The summed E-state index contributed by atoms with van der Waals surface area (Å²) in [6.45, 7) is 11.1. The van der Waals surface area contributed by atoms with Gasteiger partial charge in [-0.05, 0) is 19.3 Å². The molecule has 0 nitrogen and oxygen atoms in total. The van der Waals surface area contributed by atoms with E-state index < -0.39 is 8.07 Å². The van der Waals surface area contributed by atoms with Gasteiger partial charge in [0.25, 0.3) is 0 Å². The molecule has 0 aliphatic carbocycles. The first-order chi connectivity index (χ1) is 9.60. The highest BCUT2D eigenvalue weighted by Crippen LogP contribution is 2.18. The van der Waals surface area contributed by atoms with E-state index in [0.717, 1.165) is 6.42 Å². The molecule has 0 unspecified atom stereocenters. The Morgan fingerprint density at radius 2 is 1.80 bits per heavy atom. The molecule has 0 aliphatic heterocycles. The van der Waals surface area contributed by atoms with Crippen LogP contribution in [0.1, 0.15) is 45.4 Å². The first kappa shape index (κ1) is 17.0. The molecule has 0 fully saturated rings. The van der Waals surface area contributed by atoms with Crippen LogP contribution in [0.25, 0.3) is 0 Å². The van der Waals surface area contributed by atoms with E-state index in [4.69, 9.17) is 0 Å². The van der Waals surface area contributed by atoms with Crippen LogP contribution in [-0.2, 0) is 0 Å². The summed E-state index contributed by atoms with van der Waals surface area (Å²) in [5.41, 5.74) is 4.19. The lowest BCUT2D eigenvalue weighted by Crippen LogP contribution is -2.39. The average Bonchev–Trinajstić information content (AvgIpc) is 2.44. The molecule has 1 heteroatoms. The van der Waals surface area contributed by atoms with Crippen LogP contribution in [0.15, 0.2) is 54.3 Å². The van der Waals surface area contributed by atoms with E-state index in [1.54, 1.807) is 5.57 Å². The minimum atomic E-state index is -1.46. The molecular formula is C19H30Si. The predicted molar refractivity (Wildman–Crippen MR) is 95.2 cm³/mol. The Morgan fingerprint density at radius 1 is 1.10 bits per heavy atom. The van der Waals surface area contributed by atoms with E-state index in [1.165, 1.54) is 37.3 Å². The van der Waals surface area contributed by atoms with Crippen LogP contribution in [0.5, 0.6) is 0 Å². The Kier molecular flexibility index (Phi) is 7.61. The normalized spacial score (nSPS) is 12.4. The lowest BCUT2D eigenvalue weighted by molar-refractivity contribution is 0.661. The molecule has 0 saturated carbocycles. The van der Waals surface area contributed by atoms with Gasteiger partial charge in [0.05, 0.1) is 0 Å². The zero-order valence-corrected chi connectivity index (χ0v) is 14.5. The number of benzene rings is 1. The van der Waals surface area contributed by atoms with Crippen LogP contribution < -0.4 is 5.19 Å². The van der Waals surface area contributed by atoms with Crippen LogP contribution in [-0.4, -0.2) is 8.07 Å². The van der Waals surface area contributed by atoms with Gasteiger partial charge in [0.1, 0.15) is 8.07 Å². The minimum absolute atomic E-state index is 1.05. The van der Waals surface area contributed by atoms with Crippen molar-refractivity contribution in [2.75, 3.05) is 0 Å². The van der Waals surface area contributed by atoms with Gasteiger partial charge in [-0.15, -0.1) is 6.58 Å². The third-order valence-electron chi connectivity index (χ3n) is 3.84. The molecule has 0 bridgehead atoms. The fourth-order valence-corrected chi connectivity index (χ4v) is 5.16. The van der Waals surface area contributed by atoms with Crippen molar-refractivity contribution in [3.05, 3.63) is 54.3 Å². The molecule has 0 amide bonds. The Bertz CT molecular complexity index is 415. The van der Waals surface area contributed by atoms with Gasteiger partial charge in [0.2, 0.25) is 0 Å². The molecule has 0 spiro atoms. The largest absolute Gasteiger partial charge is 0.104 e. The van der Waals surface area contributed by atoms with Gasteiger partial charge in [-0.2, -0.15) is 0 Å². The topological polar surface area (TPSA) is 0 Å². The number of unbranched alkanes of at least 4 members (excludes halogenated alkanes) is 3. The SMILES string of the molecule is C=CC/C(=C/[Si](C)(C)c1ccccc1)CCCCCC. The predicted octanol–water partition coefficient (Wildman–Crippen LogP) is 5.61. The molecule has 0 saturated heterocycles. The summed E-state index contributed by atoms with van der Waals surface area (Å²) < 4.78 is 0. The van der Waals surface area contributed by atoms with E-state index in [-0.39, 0.29) is 0 Å². The third kappa shape index (κ3) is 5.92. The molecule has 20 heavy (non-hydrogen) atoms. The van der Waals surface area contributed by atoms with Gasteiger partial charge in [0.15, 0.2) is 0 Å². The fraction of sp³-hybridized carbons (Fsp3) is 0.474. The smallest absolute Gasteiger partial charge is 0.103 e. The number of hydrogen-bond acceptors (Lipinski definition) is 0. The Balaban J connectivity index is 2.75. The summed E-state index contributed by atoms with van der Waals surface area (Å²) in [5, 5.41) is 1.52. The van der Waals surface area contributed by atoms with Crippen molar-refractivity contribution in [2.45, 2.75) is 58.5 Å². The van der Waals surface area contributed by atoms with Crippen LogP contribution >= 0.6 is 0 Å². The summed E-state index contributed by atoms with van der Waals surface area (Å²) >= 11 is 0. The summed E-state index contributed by atoms with van der Waals surface area (Å²) in [6.07, 6.45) is 9.71. The highest BCUT2D eigenvalue weighted by molar-refractivity contribution is 6.94. The Labute approximate surface area is 126 Å². The summed E-state index contributed by atoms with van der Waals surface area (Å²) in [4.78, 5) is 0. The molecule has 110 valence electrons. The van der Waals surface area contributed by atoms with Crippen LogP contribution in [0.2, 0.25) is 13.1 Å². The third-order valence-corrected chi connectivity index (χ3v) is 6.79. The second-order valence-electron chi connectivity index (χ2n) is 6.19. The highest BCUT2D eigenvalue weighted by Gasteiger charge is 2.20. The van der Waals surface area contributed by atoms with Crippen LogP contribution in [0.4, 0.5) is 0 Å². The standard InChI is InChI=1S/C19H30Si/c1-5-7-8-10-14-18(13-6-2)17-20(3,4)19-15-11-9-12-16-19/h6,9,11-12,15-17H,2,5,7-8,10,13-14H2,1,3-4H3/b18-17-. The Hall–Kier alpha value is -1.08. The van der Waals surface area contributed by atoms with Crippen molar-refractivity contribution in [3.63, 3.8) is 0 Å². The van der Waals surface area contributed by atoms with E-state index in [9.17, 15) is 0 Å². The monoisotopic (exact) mass is 286 g/mol. The summed E-state index contributed by atoms with van der Waals surface area (Å²) in [7, 11) is -1.46. The number of allylic oxidation sites excluding steroid dienone is 2. The van der Waals surface area contributed by atoms with Crippen LogP contribution in [0, 0.1) is 0 Å². The van der Waals surface area contributed by atoms with E-state index in [2.05, 4.69) is 68.7 Å². The van der Waals surface area contributed by atoms with Crippen molar-refractivity contribution >= 4 is 13.3 Å². The number of rotatable bonds is 9. The van der Waals surface area contributed by atoms with Crippen molar-refractivity contribution in [3.8, 4) is 0 Å². The minimum Gasteiger partial charge on any atom is -0.103 e. The lowest BCUT2D eigenvalue weighted by Gasteiger charge is -2.21. The molecule has 0 N–H and O–H groups in total. The van der Waals surface area contributed by atoms with E-state index in [1.807, 2.05) is 0 Å². The second-order valence-corrected chi connectivity index (χ2v) is 10.5. The van der Waals surface area contributed by atoms with E-state index in [0.29, 0.717) is 0 Å². The molecular weight excluding hydrogens is 256 g/mol. The summed E-state index contributed by atoms with van der Waals surface area (Å²) in [5.74, 6) is 0. The lowest BCUT2D eigenvalue weighted by atomic mass is 10.1. The molecule has 0 atom stereocenters. The van der Waals surface area contributed by atoms with Gasteiger partial charge in [-0.1, -0.05) is 92.1 Å². The maximum atomic E-state index is 3.92. The molecule has 0 radical (unpaired) electrons. The van der Waals surface area contributed by atoms with Crippen LogP contribution in [0.3, 0.4) is 0 Å². The zero-order valence-electron chi connectivity index (χ0n) is 13.5. The second kappa shape index (κ2) is 8.96. The zero-order chi connectivity index (χ0) is 14.8. The quantitative estimate of drug-likeness (QED) is 0.314. The van der Waals surface area contributed by atoms with Gasteiger partial charge < -0.3 is 0 Å². The maximum Gasteiger partial charge on any atom is 0.104 e. The first-order valence-electron chi connectivity index (χ1n) is 7.97. The number of hydrogen-bond donors (Lipinski definition) is 0. The fourth-order valence-electron chi connectivity index (χ4n) is 2.66. The van der Waals surface area contributed by atoms with Gasteiger partial charge in [-0.3, -0.25) is 0 Å². The van der Waals surface area contributed by atoms with Crippen molar-refractivity contribution in [2.24, 2.45) is 0 Å². The van der Waals surface area contributed by atoms with Crippen molar-refractivity contribution in [1.82, 2.24) is 0 Å². The van der Waals surface area contributed by atoms with Gasteiger partial charge >= 0.3 is 0 Å². The highest BCUT2D eigenvalue weighted by atomic mass is 28.3. The first-order valence-corrected chi connectivity index (χ1v) is 11.0. The molecule has 0 aromatic heterocycles. The maximum absolute atomic E-state index is 3.92. The van der Waals surface area contributed by atoms with Gasteiger partial charge in [-0.25, -0.2) is 0 Å². The van der Waals surface area contributed by atoms with Gasteiger partial charge in [0, 0.05) is 0 Å². The molecule has 1 aromatic rings. The molecule has 1 aromatic carbocycles.